The molecule has 0 aliphatic heterocycles. The molecule has 0 amide bonds. The number of nitrogens with one attached hydrogen (secondary N) is 1. The van der Waals surface area contributed by atoms with Crippen LogP contribution in [0.5, 0.6) is 0 Å². The van der Waals surface area contributed by atoms with Crippen LogP contribution in [0.4, 0.5) is 11.4 Å². The zero-order valence-electron chi connectivity index (χ0n) is 22.9. The molecular formula is C39H31N. The molecule has 0 saturated heterocycles. The van der Waals surface area contributed by atoms with Crippen molar-refractivity contribution in [3.63, 3.8) is 0 Å². The summed E-state index contributed by atoms with van der Waals surface area (Å²) in [5.74, 6) is 0. The summed E-state index contributed by atoms with van der Waals surface area (Å²) in [5, 5.41) is 3.88. The fraction of sp³-hybridized carbons (Fsp3) is 0.0769. The van der Waals surface area contributed by atoms with Crippen molar-refractivity contribution < 1.29 is 0 Å². The minimum Gasteiger partial charge on any atom is -0.355 e. The number of hydrogen-bond donors (Lipinski definition) is 1. The Labute approximate surface area is 236 Å². The number of hydrogen-bond acceptors (Lipinski definition) is 1. The summed E-state index contributed by atoms with van der Waals surface area (Å²) >= 11 is 0. The smallest absolute Gasteiger partial charge is 0.0467 e. The topological polar surface area (TPSA) is 12.0 Å². The minimum absolute atomic E-state index is 0.125. The Balaban J connectivity index is 1.45. The van der Waals surface area contributed by atoms with Crippen LogP contribution >= 0.6 is 0 Å². The van der Waals surface area contributed by atoms with Crippen molar-refractivity contribution in [1.82, 2.24) is 0 Å². The first-order valence-corrected chi connectivity index (χ1v) is 14.0. The highest BCUT2D eigenvalue weighted by molar-refractivity contribution is 5.97. The SMILES string of the molecule is CC1(C)c2cc(Nc3ccccc3-c3ccccc3)c(-c3ccccc3)cc2-c2c(-c3ccccc3)cccc21. The normalized spacial score (nSPS) is 12.9. The number of fused-ring (bicyclic) bond motifs is 3. The van der Waals surface area contributed by atoms with Gasteiger partial charge in [-0.2, -0.15) is 0 Å². The van der Waals surface area contributed by atoms with Crippen molar-refractivity contribution in [2.75, 3.05) is 5.32 Å². The highest BCUT2D eigenvalue weighted by atomic mass is 14.9. The van der Waals surface area contributed by atoms with Crippen LogP contribution in [-0.2, 0) is 5.41 Å². The summed E-state index contributed by atoms with van der Waals surface area (Å²) < 4.78 is 0. The second-order valence-corrected chi connectivity index (χ2v) is 11.1. The summed E-state index contributed by atoms with van der Waals surface area (Å²) in [6.45, 7) is 4.71. The van der Waals surface area contributed by atoms with E-state index in [2.05, 4.69) is 165 Å². The van der Waals surface area contributed by atoms with Gasteiger partial charge in [0.05, 0.1) is 0 Å². The van der Waals surface area contributed by atoms with E-state index < -0.39 is 0 Å². The molecule has 0 heterocycles. The molecule has 1 aliphatic carbocycles. The van der Waals surface area contributed by atoms with Gasteiger partial charge in [0.25, 0.3) is 0 Å². The lowest BCUT2D eigenvalue weighted by atomic mass is 9.81. The van der Waals surface area contributed by atoms with Gasteiger partial charge in [-0.05, 0) is 62.7 Å². The van der Waals surface area contributed by atoms with E-state index in [1.165, 1.54) is 55.6 Å². The first-order chi connectivity index (χ1) is 19.6. The van der Waals surface area contributed by atoms with Gasteiger partial charge in [-0.1, -0.05) is 141 Å². The molecule has 40 heavy (non-hydrogen) atoms. The van der Waals surface area contributed by atoms with Crippen LogP contribution in [0.2, 0.25) is 0 Å². The average molecular weight is 514 g/mol. The molecule has 1 nitrogen and oxygen atoms in total. The predicted octanol–water partition coefficient (Wildman–Crippen LogP) is 10.7. The number of rotatable bonds is 5. The van der Waals surface area contributed by atoms with E-state index in [1.54, 1.807) is 0 Å². The molecule has 0 unspecified atom stereocenters. The summed E-state index contributed by atoms with van der Waals surface area (Å²) in [4.78, 5) is 0. The van der Waals surface area contributed by atoms with Crippen molar-refractivity contribution in [2.45, 2.75) is 19.3 Å². The van der Waals surface area contributed by atoms with Gasteiger partial charge < -0.3 is 5.32 Å². The van der Waals surface area contributed by atoms with Crippen molar-refractivity contribution in [1.29, 1.82) is 0 Å². The lowest BCUT2D eigenvalue weighted by molar-refractivity contribution is 0.661. The highest BCUT2D eigenvalue weighted by Crippen LogP contribution is 2.54. The molecular weight excluding hydrogens is 482 g/mol. The van der Waals surface area contributed by atoms with E-state index in [0.29, 0.717) is 0 Å². The maximum Gasteiger partial charge on any atom is 0.0467 e. The van der Waals surface area contributed by atoms with E-state index in [4.69, 9.17) is 0 Å². The maximum atomic E-state index is 3.88. The molecule has 192 valence electrons. The zero-order chi connectivity index (χ0) is 27.1. The lowest BCUT2D eigenvalue weighted by Crippen LogP contribution is -2.15. The van der Waals surface area contributed by atoms with E-state index in [0.717, 1.165) is 11.4 Å². The fourth-order valence-electron chi connectivity index (χ4n) is 6.26. The Morgan fingerprint density at radius 2 is 0.925 bits per heavy atom. The zero-order valence-corrected chi connectivity index (χ0v) is 22.9. The first kappa shape index (κ1) is 24.2. The third-order valence-corrected chi connectivity index (χ3v) is 8.29. The standard InChI is InChI=1S/C39H31N/c1-39(2)34-23-14-22-31(28-17-8-4-9-18-28)38(34)33-25-32(29-19-10-5-11-20-29)37(26-35(33)39)40-36-24-13-12-21-30(36)27-15-6-3-7-16-27/h3-26,40H,1-2H3. The molecule has 0 radical (unpaired) electrons. The van der Waals surface area contributed by atoms with E-state index in [-0.39, 0.29) is 5.41 Å². The Hall–Kier alpha value is -4.88. The monoisotopic (exact) mass is 513 g/mol. The second kappa shape index (κ2) is 9.70. The first-order valence-electron chi connectivity index (χ1n) is 14.0. The molecule has 0 bridgehead atoms. The highest BCUT2D eigenvalue weighted by Gasteiger charge is 2.37. The van der Waals surface area contributed by atoms with Gasteiger partial charge in [0.1, 0.15) is 0 Å². The molecule has 0 fully saturated rings. The third kappa shape index (κ3) is 4.03. The predicted molar refractivity (Wildman–Crippen MR) is 170 cm³/mol. The van der Waals surface area contributed by atoms with Gasteiger partial charge in [0, 0.05) is 27.9 Å². The van der Waals surface area contributed by atoms with Gasteiger partial charge in [-0.3, -0.25) is 0 Å². The fourth-order valence-corrected chi connectivity index (χ4v) is 6.26. The summed E-state index contributed by atoms with van der Waals surface area (Å²) in [6, 6.07) is 52.3. The van der Waals surface area contributed by atoms with Crippen molar-refractivity contribution >= 4 is 11.4 Å². The second-order valence-electron chi connectivity index (χ2n) is 11.1. The van der Waals surface area contributed by atoms with Crippen LogP contribution in [0.3, 0.4) is 0 Å². The van der Waals surface area contributed by atoms with Gasteiger partial charge in [-0.15, -0.1) is 0 Å². The van der Waals surface area contributed by atoms with Crippen LogP contribution in [0.1, 0.15) is 25.0 Å². The Morgan fingerprint density at radius 3 is 1.57 bits per heavy atom. The number of anilines is 2. The largest absolute Gasteiger partial charge is 0.355 e. The molecule has 6 aromatic rings. The quantitative estimate of drug-likeness (QED) is 0.242. The Bertz CT molecular complexity index is 1820. The Morgan fingerprint density at radius 1 is 0.400 bits per heavy atom. The number of benzene rings is 6. The average Bonchev–Trinajstić information content (AvgIpc) is 3.24. The van der Waals surface area contributed by atoms with Gasteiger partial charge in [0.2, 0.25) is 0 Å². The lowest BCUT2D eigenvalue weighted by Gasteiger charge is -2.24. The molecule has 7 rings (SSSR count). The molecule has 1 N–H and O–H groups in total. The van der Waals surface area contributed by atoms with Crippen LogP contribution < -0.4 is 5.32 Å². The molecule has 0 atom stereocenters. The van der Waals surface area contributed by atoms with Crippen LogP contribution in [0, 0.1) is 0 Å². The third-order valence-electron chi connectivity index (χ3n) is 8.29. The number of para-hydroxylation sites is 1. The Kier molecular flexibility index (Phi) is 5.86. The maximum absolute atomic E-state index is 3.88. The molecule has 0 aromatic heterocycles. The summed E-state index contributed by atoms with van der Waals surface area (Å²) in [6.07, 6.45) is 0. The van der Waals surface area contributed by atoms with Crippen molar-refractivity contribution in [2.24, 2.45) is 0 Å². The van der Waals surface area contributed by atoms with Crippen LogP contribution in [-0.4, -0.2) is 0 Å². The van der Waals surface area contributed by atoms with Crippen molar-refractivity contribution in [3.8, 4) is 44.5 Å². The van der Waals surface area contributed by atoms with Crippen LogP contribution in [0.25, 0.3) is 44.5 Å². The molecule has 1 heteroatoms. The van der Waals surface area contributed by atoms with E-state index in [1.807, 2.05) is 0 Å². The summed E-state index contributed by atoms with van der Waals surface area (Å²) in [5.41, 5.74) is 14.8. The van der Waals surface area contributed by atoms with Gasteiger partial charge >= 0.3 is 0 Å². The van der Waals surface area contributed by atoms with Crippen LogP contribution in [0.15, 0.2) is 146 Å². The van der Waals surface area contributed by atoms with E-state index >= 15 is 0 Å². The molecule has 0 spiro atoms. The van der Waals surface area contributed by atoms with Gasteiger partial charge in [0.15, 0.2) is 0 Å². The molecule has 0 saturated carbocycles. The summed E-state index contributed by atoms with van der Waals surface area (Å²) in [7, 11) is 0. The molecule has 6 aromatic carbocycles. The van der Waals surface area contributed by atoms with Gasteiger partial charge in [-0.25, -0.2) is 0 Å². The van der Waals surface area contributed by atoms with Crippen molar-refractivity contribution in [3.05, 3.63) is 157 Å². The minimum atomic E-state index is -0.125. The van der Waals surface area contributed by atoms with E-state index in [9.17, 15) is 0 Å². The molecule has 1 aliphatic rings.